The number of nitrogens with zero attached hydrogens (tertiary/aromatic N) is 3. The van der Waals surface area contributed by atoms with Gasteiger partial charge in [0.15, 0.2) is 0 Å². The highest BCUT2D eigenvalue weighted by atomic mass is 35.5. The van der Waals surface area contributed by atoms with Crippen molar-refractivity contribution in [1.29, 1.82) is 0 Å². The summed E-state index contributed by atoms with van der Waals surface area (Å²) in [5.74, 6) is 0.771. The number of anilines is 1. The number of hydrogen-bond donors (Lipinski definition) is 2. The van der Waals surface area contributed by atoms with Crippen LogP contribution in [-0.2, 0) is 0 Å². The summed E-state index contributed by atoms with van der Waals surface area (Å²) in [6.07, 6.45) is 4.65. The summed E-state index contributed by atoms with van der Waals surface area (Å²) in [5.41, 5.74) is 6.22. The van der Waals surface area contributed by atoms with Gasteiger partial charge < -0.3 is 11.1 Å². The van der Waals surface area contributed by atoms with Crippen molar-refractivity contribution in [3.8, 4) is 5.69 Å². The Morgan fingerprint density at radius 3 is 2.81 bits per heavy atom. The van der Waals surface area contributed by atoms with Gasteiger partial charge in [-0.25, -0.2) is 4.98 Å². The van der Waals surface area contributed by atoms with Gasteiger partial charge in [-0.2, -0.15) is 9.78 Å². The highest BCUT2D eigenvalue weighted by molar-refractivity contribution is 6.29. The van der Waals surface area contributed by atoms with E-state index in [9.17, 15) is 4.79 Å². The van der Waals surface area contributed by atoms with Gasteiger partial charge >= 0.3 is 0 Å². The number of aromatic nitrogens is 3. The fourth-order valence-electron chi connectivity index (χ4n) is 2.53. The first kappa shape index (κ1) is 14.0. The Morgan fingerprint density at radius 2 is 2.14 bits per heavy atom. The quantitative estimate of drug-likeness (QED) is 0.899. The van der Waals surface area contributed by atoms with Gasteiger partial charge in [0.25, 0.3) is 5.56 Å². The molecule has 21 heavy (non-hydrogen) atoms. The minimum Gasteiger partial charge on any atom is -0.367 e. The van der Waals surface area contributed by atoms with E-state index in [1.54, 1.807) is 12.3 Å². The smallest absolute Gasteiger partial charge is 0.271 e. The Kier molecular flexibility index (Phi) is 3.90. The normalized spacial score (nSPS) is 21.4. The van der Waals surface area contributed by atoms with Crippen molar-refractivity contribution < 1.29 is 0 Å². The van der Waals surface area contributed by atoms with Crippen LogP contribution in [0.3, 0.4) is 0 Å². The van der Waals surface area contributed by atoms with Gasteiger partial charge in [0, 0.05) is 18.2 Å². The number of hydrogen-bond acceptors (Lipinski definition) is 5. The van der Waals surface area contributed by atoms with Crippen LogP contribution in [0, 0.1) is 0 Å². The maximum atomic E-state index is 11.8. The van der Waals surface area contributed by atoms with E-state index in [0.717, 1.165) is 25.1 Å². The van der Waals surface area contributed by atoms with Crippen LogP contribution in [-0.4, -0.2) is 26.8 Å². The Hall–Kier alpha value is -1.92. The Bertz CT molecular complexity index is 685. The third kappa shape index (κ3) is 3.22. The van der Waals surface area contributed by atoms with E-state index in [1.807, 2.05) is 6.07 Å². The average Bonchev–Trinajstić information content (AvgIpc) is 2.88. The van der Waals surface area contributed by atoms with Crippen molar-refractivity contribution in [3.05, 3.63) is 46.0 Å². The molecule has 3 N–H and O–H groups in total. The molecule has 2 heterocycles. The second kappa shape index (κ2) is 5.83. The molecule has 0 spiro atoms. The zero-order chi connectivity index (χ0) is 14.8. The minimum absolute atomic E-state index is 0.247. The summed E-state index contributed by atoms with van der Waals surface area (Å²) in [6.45, 7) is 0. The van der Waals surface area contributed by atoms with Crippen LogP contribution in [0.25, 0.3) is 5.69 Å². The molecule has 0 saturated heterocycles. The second-order valence-corrected chi connectivity index (χ2v) is 5.61. The molecule has 0 unspecified atom stereocenters. The Labute approximate surface area is 126 Å². The van der Waals surface area contributed by atoms with E-state index in [0.29, 0.717) is 11.7 Å². The molecule has 0 bridgehead atoms. The Morgan fingerprint density at radius 1 is 1.29 bits per heavy atom. The zero-order valence-electron chi connectivity index (χ0n) is 11.4. The van der Waals surface area contributed by atoms with Crippen molar-refractivity contribution in [2.75, 3.05) is 5.32 Å². The third-order valence-corrected chi connectivity index (χ3v) is 3.79. The van der Waals surface area contributed by atoms with Crippen molar-refractivity contribution in [3.63, 3.8) is 0 Å². The molecule has 2 aromatic heterocycles. The van der Waals surface area contributed by atoms with Crippen LogP contribution in [0.5, 0.6) is 0 Å². The first-order valence-electron chi connectivity index (χ1n) is 6.86. The van der Waals surface area contributed by atoms with Crippen LogP contribution in [0.4, 0.5) is 5.82 Å². The van der Waals surface area contributed by atoms with E-state index in [1.165, 1.54) is 16.8 Å². The predicted octanol–water partition coefficient (Wildman–Crippen LogP) is 1.57. The second-order valence-electron chi connectivity index (χ2n) is 5.22. The predicted molar refractivity (Wildman–Crippen MR) is 81.9 cm³/mol. The van der Waals surface area contributed by atoms with E-state index < -0.39 is 0 Å². The van der Waals surface area contributed by atoms with Gasteiger partial charge in [0.2, 0.25) is 0 Å². The molecule has 7 heteroatoms. The summed E-state index contributed by atoms with van der Waals surface area (Å²) < 4.78 is 1.23. The fraction of sp³-hybridized carbons (Fsp3) is 0.357. The number of nitrogens with two attached hydrogens (primary N) is 1. The molecule has 110 valence electrons. The van der Waals surface area contributed by atoms with E-state index >= 15 is 0 Å². The first-order valence-corrected chi connectivity index (χ1v) is 7.24. The zero-order valence-corrected chi connectivity index (χ0v) is 12.1. The van der Waals surface area contributed by atoms with Crippen molar-refractivity contribution in [2.24, 2.45) is 5.73 Å². The lowest BCUT2D eigenvalue weighted by Crippen LogP contribution is -2.22. The van der Waals surface area contributed by atoms with Gasteiger partial charge in [0.05, 0.1) is 11.9 Å². The maximum Gasteiger partial charge on any atom is 0.271 e. The van der Waals surface area contributed by atoms with Crippen LogP contribution in [0.2, 0.25) is 5.15 Å². The summed E-state index contributed by atoms with van der Waals surface area (Å²) >= 11 is 5.81. The van der Waals surface area contributed by atoms with Gasteiger partial charge in [-0.05, 0) is 37.5 Å². The summed E-state index contributed by atoms with van der Waals surface area (Å²) in [4.78, 5) is 16.1. The molecular formula is C14H16ClN5O. The van der Waals surface area contributed by atoms with E-state index in [2.05, 4.69) is 15.4 Å². The molecule has 0 aromatic carbocycles. The molecule has 0 amide bonds. The first-order chi connectivity index (χ1) is 10.1. The molecule has 1 aliphatic carbocycles. The lowest BCUT2D eigenvalue weighted by Gasteiger charge is -2.13. The highest BCUT2D eigenvalue weighted by Crippen LogP contribution is 2.21. The number of pyridine rings is 1. The molecular weight excluding hydrogens is 290 g/mol. The lowest BCUT2D eigenvalue weighted by atomic mass is 10.2. The minimum atomic E-state index is -0.247. The van der Waals surface area contributed by atoms with E-state index in [4.69, 9.17) is 17.3 Å². The van der Waals surface area contributed by atoms with Gasteiger partial charge in [-0.3, -0.25) is 4.79 Å². The maximum absolute atomic E-state index is 11.8. The lowest BCUT2D eigenvalue weighted by molar-refractivity contribution is 0.686. The molecule has 2 aromatic rings. The van der Waals surface area contributed by atoms with Crippen molar-refractivity contribution in [2.45, 2.75) is 31.3 Å². The van der Waals surface area contributed by atoms with Gasteiger partial charge in [0.1, 0.15) is 11.0 Å². The molecule has 3 rings (SSSR count). The van der Waals surface area contributed by atoms with Gasteiger partial charge in [-0.15, -0.1) is 0 Å². The Balaban J connectivity index is 1.77. The van der Waals surface area contributed by atoms with Crippen LogP contribution in [0.15, 0.2) is 35.3 Å². The third-order valence-electron chi connectivity index (χ3n) is 3.59. The van der Waals surface area contributed by atoms with Crippen LogP contribution >= 0.6 is 11.6 Å². The topological polar surface area (TPSA) is 85.8 Å². The van der Waals surface area contributed by atoms with Crippen LogP contribution in [0.1, 0.15) is 19.3 Å². The largest absolute Gasteiger partial charge is 0.367 e. The average molecular weight is 306 g/mol. The summed E-state index contributed by atoms with van der Waals surface area (Å²) in [6, 6.07) is 7.10. The molecule has 1 aliphatic rings. The van der Waals surface area contributed by atoms with Gasteiger partial charge in [-0.1, -0.05) is 11.6 Å². The molecule has 0 aliphatic heterocycles. The standard InChI is InChI=1S/C14H16ClN5O/c15-12-4-6-14(21)20(19-12)11-3-5-13(17-8-11)18-10-2-1-9(16)7-10/h3-6,8-10H,1-2,7,16H2,(H,17,18)/t9-,10-/m0/s1. The summed E-state index contributed by atoms with van der Waals surface area (Å²) in [5, 5.41) is 7.59. The number of rotatable bonds is 3. The number of nitrogens with one attached hydrogen (secondary N) is 1. The monoisotopic (exact) mass is 305 g/mol. The van der Waals surface area contributed by atoms with E-state index in [-0.39, 0.29) is 16.8 Å². The van der Waals surface area contributed by atoms with Crippen molar-refractivity contribution in [1.82, 2.24) is 14.8 Å². The van der Waals surface area contributed by atoms with Crippen LogP contribution < -0.4 is 16.6 Å². The fourth-order valence-corrected chi connectivity index (χ4v) is 2.67. The molecule has 2 atom stereocenters. The molecule has 0 radical (unpaired) electrons. The molecule has 6 nitrogen and oxygen atoms in total. The van der Waals surface area contributed by atoms with Crippen molar-refractivity contribution >= 4 is 17.4 Å². The highest BCUT2D eigenvalue weighted by Gasteiger charge is 2.21. The molecule has 1 fully saturated rings. The number of halogens is 1. The SMILES string of the molecule is N[C@H]1CC[C@H](Nc2ccc(-n3nc(Cl)ccc3=O)cn2)C1. The molecule has 1 saturated carbocycles. The summed E-state index contributed by atoms with van der Waals surface area (Å²) in [7, 11) is 0.